The Kier molecular flexibility index (Phi) is 4.28. The average molecular weight is 349 g/mol. The van der Waals surface area contributed by atoms with Crippen LogP contribution in [0.3, 0.4) is 0 Å². The summed E-state index contributed by atoms with van der Waals surface area (Å²) >= 11 is 0. The minimum Gasteiger partial charge on any atom is -0.497 e. The highest BCUT2D eigenvalue weighted by atomic mass is 32.2. The van der Waals surface area contributed by atoms with Gasteiger partial charge in [-0.05, 0) is 54.3 Å². The molecule has 126 valence electrons. The number of carbonyl (C=O) groups excluding carboxylic acids is 1. The molecule has 0 aromatic heterocycles. The standard InChI is InChI=1S/C17H16FNO4S/c1-23-13-6-2-11(3-7-13)15-10-16(15)17(20)19-24(21,22)14-8-4-12(18)5-9-14/h2-9,15-16H,10H2,1H3,(H,19,20)/t15-,16+/m1/s1. The van der Waals surface area contributed by atoms with Gasteiger partial charge in [0.25, 0.3) is 10.0 Å². The summed E-state index contributed by atoms with van der Waals surface area (Å²) in [6.07, 6.45) is 0.594. The van der Waals surface area contributed by atoms with Crippen molar-refractivity contribution in [2.75, 3.05) is 7.11 Å². The Balaban J connectivity index is 1.66. The van der Waals surface area contributed by atoms with E-state index in [1.54, 1.807) is 19.2 Å². The highest BCUT2D eigenvalue weighted by molar-refractivity contribution is 7.90. The molecule has 0 bridgehead atoms. The molecule has 0 spiro atoms. The molecule has 24 heavy (non-hydrogen) atoms. The van der Waals surface area contributed by atoms with Crippen LogP contribution in [0.4, 0.5) is 4.39 Å². The van der Waals surface area contributed by atoms with Crippen molar-refractivity contribution in [2.45, 2.75) is 17.2 Å². The zero-order valence-corrected chi connectivity index (χ0v) is 13.7. The average Bonchev–Trinajstić information content (AvgIpc) is 3.36. The van der Waals surface area contributed by atoms with Crippen molar-refractivity contribution in [2.24, 2.45) is 5.92 Å². The zero-order valence-electron chi connectivity index (χ0n) is 12.9. The molecule has 5 nitrogen and oxygen atoms in total. The van der Waals surface area contributed by atoms with Gasteiger partial charge in [0.2, 0.25) is 5.91 Å². The summed E-state index contributed by atoms with van der Waals surface area (Å²) < 4.78 is 44.3. The van der Waals surface area contributed by atoms with Crippen LogP contribution in [0.5, 0.6) is 5.75 Å². The highest BCUT2D eigenvalue weighted by Gasteiger charge is 2.45. The monoisotopic (exact) mass is 349 g/mol. The van der Waals surface area contributed by atoms with Gasteiger partial charge in [0.1, 0.15) is 11.6 Å². The fourth-order valence-electron chi connectivity index (χ4n) is 2.59. The van der Waals surface area contributed by atoms with Gasteiger partial charge in [-0.1, -0.05) is 12.1 Å². The van der Waals surface area contributed by atoms with Gasteiger partial charge in [-0.3, -0.25) is 4.79 Å². The first kappa shape index (κ1) is 16.4. The first-order valence-corrected chi connectivity index (χ1v) is 8.85. The molecule has 1 aliphatic rings. The van der Waals surface area contributed by atoms with Crippen molar-refractivity contribution in [1.29, 1.82) is 0 Å². The fraction of sp³-hybridized carbons (Fsp3) is 0.235. The lowest BCUT2D eigenvalue weighted by Crippen LogP contribution is -2.32. The van der Waals surface area contributed by atoms with E-state index in [0.29, 0.717) is 6.42 Å². The van der Waals surface area contributed by atoms with Crippen molar-refractivity contribution < 1.29 is 22.3 Å². The number of hydrogen-bond acceptors (Lipinski definition) is 4. The van der Waals surface area contributed by atoms with Gasteiger partial charge in [0.15, 0.2) is 0 Å². The molecular formula is C17H16FNO4S. The SMILES string of the molecule is COc1ccc([C@H]2C[C@@H]2C(=O)NS(=O)(=O)c2ccc(F)cc2)cc1. The number of methoxy groups -OCH3 is 1. The normalized spacial score (nSPS) is 19.6. The van der Waals surface area contributed by atoms with E-state index in [4.69, 9.17) is 4.74 Å². The van der Waals surface area contributed by atoms with Gasteiger partial charge in [0.05, 0.1) is 12.0 Å². The lowest BCUT2D eigenvalue weighted by atomic mass is 10.1. The van der Waals surface area contributed by atoms with Crippen LogP contribution < -0.4 is 9.46 Å². The maximum absolute atomic E-state index is 12.9. The van der Waals surface area contributed by atoms with Crippen LogP contribution in [-0.4, -0.2) is 21.4 Å². The summed E-state index contributed by atoms with van der Waals surface area (Å²) in [6, 6.07) is 11.7. The quantitative estimate of drug-likeness (QED) is 0.900. The summed E-state index contributed by atoms with van der Waals surface area (Å²) in [4.78, 5) is 12.0. The third kappa shape index (κ3) is 3.41. The second-order valence-corrected chi connectivity index (χ2v) is 7.33. The number of rotatable bonds is 5. The number of halogens is 1. The second kappa shape index (κ2) is 6.24. The molecule has 1 fully saturated rings. The fourth-order valence-corrected chi connectivity index (χ4v) is 3.61. The molecule has 1 saturated carbocycles. The molecule has 1 N–H and O–H groups in total. The summed E-state index contributed by atoms with van der Waals surface area (Å²) in [5.74, 6) is -0.741. The molecule has 1 aliphatic carbocycles. The van der Waals surface area contributed by atoms with Crippen LogP contribution in [0, 0.1) is 11.7 Å². The van der Waals surface area contributed by atoms with Gasteiger partial charge >= 0.3 is 0 Å². The second-order valence-electron chi connectivity index (χ2n) is 5.65. The molecule has 0 aliphatic heterocycles. The zero-order chi connectivity index (χ0) is 17.3. The first-order valence-electron chi connectivity index (χ1n) is 7.37. The number of amides is 1. The van der Waals surface area contributed by atoms with E-state index >= 15 is 0 Å². The number of hydrogen-bond donors (Lipinski definition) is 1. The van der Waals surface area contributed by atoms with E-state index in [1.807, 2.05) is 12.1 Å². The Labute approximate surface area is 139 Å². The molecule has 0 unspecified atom stereocenters. The van der Waals surface area contributed by atoms with Crippen molar-refractivity contribution in [1.82, 2.24) is 4.72 Å². The maximum Gasteiger partial charge on any atom is 0.264 e. The Morgan fingerprint density at radius 3 is 2.33 bits per heavy atom. The number of carbonyl (C=O) groups is 1. The minimum atomic E-state index is -3.98. The van der Waals surface area contributed by atoms with Crippen LogP contribution in [0.15, 0.2) is 53.4 Å². The van der Waals surface area contributed by atoms with E-state index in [2.05, 4.69) is 4.72 Å². The number of sulfonamides is 1. The Hall–Kier alpha value is -2.41. The molecule has 2 aromatic carbocycles. The minimum absolute atomic E-state index is 0.000626. The van der Waals surface area contributed by atoms with E-state index in [9.17, 15) is 17.6 Å². The third-order valence-electron chi connectivity index (χ3n) is 4.03. The van der Waals surface area contributed by atoms with Crippen molar-refractivity contribution in [3.05, 3.63) is 59.9 Å². The maximum atomic E-state index is 12.9. The largest absolute Gasteiger partial charge is 0.497 e. The first-order chi connectivity index (χ1) is 11.4. The predicted molar refractivity (Wildman–Crippen MR) is 85.6 cm³/mol. The predicted octanol–water partition coefficient (Wildman–Crippen LogP) is 2.44. The van der Waals surface area contributed by atoms with Gasteiger partial charge in [-0.25, -0.2) is 17.5 Å². The van der Waals surface area contributed by atoms with Crippen LogP contribution in [0.1, 0.15) is 17.9 Å². The molecule has 7 heteroatoms. The number of nitrogens with one attached hydrogen (secondary N) is 1. The molecule has 0 saturated heterocycles. The smallest absolute Gasteiger partial charge is 0.264 e. The van der Waals surface area contributed by atoms with Gasteiger partial charge in [-0.15, -0.1) is 0 Å². The third-order valence-corrected chi connectivity index (χ3v) is 5.39. The highest BCUT2D eigenvalue weighted by Crippen LogP contribution is 2.47. The van der Waals surface area contributed by atoms with Crippen LogP contribution in [0.2, 0.25) is 0 Å². The summed E-state index contributed by atoms with van der Waals surface area (Å²) in [7, 11) is -2.41. The molecule has 1 amide bonds. The Morgan fingerprint density at radius 2 is 1.75 bits per heavy atom. The number of ether oxygens (including phenoxy) is 1. The Morgan fingerprint density at radius 1 is 1.12 bits per heavy atom. The van der Waals surface area contributed by atoms with Gasteiger partial charge in [-0.2, -0.15) is 0 Å². The summed E-state index contributed by atoms with van der Waals surface area (Å²) in [5.41, 5.74) is 0.968. The summed E-state index contributed by atoms with van der Waals surface area (Å²) in [6.45, 7) is 0. The van der Waals surface area contributed by atoms with E-state index in [-0.39, 0.29) is 16.7 Å². The van der Waals surface area contributed by atoms with Crippen LogP contribution >= 0.6 is 0 Å². The van der Waals surface area contributed by atoms with Crippen LogP contribution in [0.25, 0.3) is 0 Å². The lowest BCUT2D eigenvalue weighted by Gasteiger charge is -2.07. The van der Waals surface area contributed by atoms with Crippen molar-refractivity contribution in [3.63, 3.8) is 0 Å². The molecule has 0 heterocycles. The molecule has 3 rings (SSSR count). The number of benzene rings is 2. The van der Waals surface area contributed by atoms with Gasteiger partial charge in [0, 0.05) is 5.92 Å². The van der Waals surface area contributed by atoms with Crippen molar-refractivity contribution >= 4 is 15.9 Å². The molecule has 0 radical (unpaired) electrons. The topological polar surface area (TPSA) is 72.5 Å². The molecule has 2 atom stereocenters. The van der Waals surface area contributed by atoms with Gasteiger partial charge < -0.3 is 4.74 Å². The molecular weight excluding hydrogens is 333 g/mol. The van der Waals surface area contributed by atoms with E-state index in [0.717, 1.165) is 35.6 Å². The van der Waals surface area contributed by atoms with Crippen LogP contribution in [-0.2, 0) is 14.8 Å². The molecule has 2 aromatic rings. The van der Waals surface area contributed by atoms with E-state index < -0.39 is 21.7 Å². The lowest BCUT2D eigenvalue weighted by molar-refractivity contribution is -0.120. The van der Waals surface area contributed by atoms with E-state index in [1.165, 1.54) is 0 Å². The summed E-state index contributed by atoms with van der Waals surface area (Å²) in [5, 5.41) is 0. The van der Waals surface area contributed by atoms with Crippen molar-refractivity contribution in [3.8, 4) is 5.75 Å². The Bertz CT molecular complexity index is 847.